The summed E-state index contributed by atoms with van der Waals surface area (Å²) in [5.74, 6) is -0.212. The number of carboxylic acids is 1. The highest BCUT2D eigenvalue weighted by atomic mass is 16.4. The first-order chi connectivity index (χ1) is 11.1. The molecule has 3 fully saturated rings. The van der Waals surface area contributed by atoms with Crippen molar-refractivity contribution in [1.29, 1.82) is 0 Å². The monoisotopic (exact) mass is 323 g/mol. The normalized spacial score (nSPS) is 30.8. The molecule has 6 heteroatoms. The van der Waals surface area contributed by atoms with Gasteiger partial charge in [-0.1, -0.05) is 0 Å². The molecular formula is C17H29N3O3. The van der Waals surface area contributed by atoms with E-state index < -0.39 is 5.97 Å². The minimum absolute atomic E-state index is 0.0340. The summed E-state index contributed by atoms with van der Waals surface area (Å²) < 4.78 is 0. The molecule has 23 heavy (non-hydrogen) atoms. The van der Waals surface area contributed by atoms with Crippen molar-refractivity contribution in [3.8, 4) is 0 Å². The number of carbonyl (C=O) groups is 2. The Hall–Kier alpha value is -1.14. The maximum Gasteiger partial charge on any atom is 0.323 e. The fraction of sp³-hybridized carbons (Fsp3) is 0.882. The van der Waals surface area contributed by atoms with Gasteiger partial charge in [0.15, 0.2) is 0 Å². The molecule has 0 aliphatic carbocycles. The van der Waals surface area contributed by atoms with Gasteiger partial charge in [-0.05, 0) is 64.1 Å². The highest BCUT2D eigenvalue weighted by Crippen LogP contribution is 2.26. The van der Waals surface area contributed by atoms with Crippen molar-refractivity contribution in [2.45, 2.75) is 44.6 Å². The standard InChI is InChI=1S/C17H29N3O3/c21-16(22)13-20-9-2-1-5-15(17(20)23)19-10-6-14(12-19)11-18-7-3-4-8-18/h14-15H,1-13H2,(H,21,22). The number of likely N-dealkylation sites (tertiary alicyclic amines) is 3. The third-order valence-electron chi connectivity index (χ3n) is 5.55. The minimum atomic E-state index is -0.910. The van der Waals surface area contributed by atoms with Gasteiger partial charge in [0.25, 0.3) is 0 Å². The highest BCUT2D eigenvalue weighted by Gasteiger charge is 2.36. The van der Waals surface area contributed by atoms with Crippen molar-refractivity contribution in [2.24, 2.45) is 5.92 Å². The van der Waals surface area contributed by atoms with Crippen LogP contribution in [0.4, 0.5) is 0 Å². The van der Waals surface area contributed by atoms with E-state index in [0.29, 0.717) is 12.5 Å². The predicted octanol–water partition coefficient (Wildman–Crippen LogP) is 0.870. The Balaban J connectivity index is 1.56. The number of rotatable bonds is 5. The third kappa shape index (κ3) is 4.23. The molecule has 1 N–H and O–H groups in total. The maximum absolute atomic E-state index is 12.7. The zero-order chi connectivity index (χ0) is 16.2. The van der Waals surface area contributed by atoms with Gasteiger partial charge in [-0.2, -0.15) is 0 Å². The van der Waals surface area contributed by atoms with Gasteiger partial charge in [0.2, 0.25) is 5.91 Å². The Kier molecular flexibility index (Phi) is 5.54. The first-order valence-corrected chi connectivity index (χ1v) is 9.10. The lowest BCUT2D eigenvalue weighted by Gasteiger charge is -2.29. The molecule has 0 spiro atoms. The van der Waals surface area contributed by atoms with E-state index in [4.69, 9.17) is 5.11 Å². The summed E-state index contributed by atoms with van der Waals surface area (Å²) in [5, 5.41) is 9.02. The van der Waals surface area contributed by atoms with Crippen LogP contribution >= 0.6 is 0 Å². The van der Waals surface area contributed by atoms with Crippen LogP contribution in [0.5, 0.6) is 0 Å². The fourth-order valence-electron chi connectivity index (χ4n) is 4.37. The minimum Gasteiger partial charge on any atom is -0.480 e. The lowest BCUT2D eigenvalue weighted by atomic mass is 10.1. The van der Waals surface area contributed by atoms with Crippen molar-refractivity contribution >= 4 is 11.9 Å². The van der Waals surface area contributed by atoms with Crippen LogP contribution in [0.3, 0.4) is 0 Å². The zero-order valence-electron chi connectivity index (χ0n) is 14.0. The average Bonchev–Trinajstić information content (AvgIpc) is 3.14. The summed E-state index contributed by atoms with van der Waals surface area (Å²) in [5.41, 5.74) is 0. The molecule has 3 saturated heterocycles. The van der Waals surface area contributed by atoms with Crippen LogP contribution in [0.1, 0.15) is 38.5 Å². The SMILES string of the molecule is O=C(O)CN1CCCCC(N2CCC(CN3CCCC3)C2)C1=O. The van der Waals surface area contributed by atoms with E-state index in [-0.39, 0.29) is 18.5 Å². The van der Waals surface area contributed by atoms with Crippen molar-refractivity contribution < 1.29 is 14.7 Å². The van der Waals surface area contributed by atoms with Crippen LogP contribution in [-0.2, 0) is 9.59 Å². The second-order valence-electron chi connectivity index (χ2n) is 7.32. The van der Waals surface area contributed by atoms with E-state index >= 15 is 0 Å². The highest BCUT2D eigenvalue weighted by molar-refractivity contribution is 5.85. The molecule has 0 bridgehead atoms. The third-order valence-corrected chi connectivity index (χ3v) is 5.55. The molecule has 3 rings (SSSR count). The number of hydrogen-bond acceptors (Lipinski definition) is 4. The van der Waals surface area contributed by atoms with Crippen LogP contribution in [0, 0.1) is 5.92 Å². The number of carbonyl (C=O) groups excluding carboxylic acids is 1. The van der Waals surface area contributed by atoms with Gasteiger partial charge < -0.3 is 14.9 Å². The molecule has 3 heterocycles. The van der Waals surface area contributed by atoms with Crippen molar-refractivity contribution in [3.05, 3.63) is 0 Å². The predicted molar refractivity (Wildman–Crippen MR) is 87.2 cm³/mol. The molecule has 2 atom stereocenters. The number of carboxylic acid groups (broad SMARTS) is 1. The molecule has 1 amide bonds. The number of aliphatic carboxylic acids is 1. The average molecular weight is 323 g/mol. The van der Waals surface area contributed by atoms with E-state index in [9.17, 15) is 9.59 Å². The Morgan fingerprint density at radius 1 is 1.04 bits per heavy atom. The van der Waals surface area contributed by atoms with Gasteiger partial charge in [-0.15, -0.1) is 0 Å². The molecule has 6 nitrogen and oxygen atoms in total. The summed E-state index contributed by atoms with van der Waals surface area (Å²) >= 11 is 0. The number of hydrogen-bond donors (Lipinski definition) is 1. The van der Waals surface area contributed by atoms with Gasteiger partial charge in [0.05, 0.1) is 6.04 Å². The Morgan fingerprint density at radius 3 is 2.52 bits per heavy atom. The number of nitrogens with zero attached hydrogens (tertiary/aromatic N) is 3. The first-order valence-electron chi connectivity index (χ1n) is 9.10. The second-order valence-corrected chi connectivity index (χ2v) is 7.32. The largest absolute Gasteiger partial charge is 0.480 e. The van der Waals surface area contributed by atoms with Crippen LogP contribution in [0.15, 0.2) is 0 Å². The molecule has 2 unspecified atom stereocenters. The summed E-state index contributed by atoms with van der Waals surface area (Å²) in [6, 6.07) is -0.0968. The molecule has 3 aliphatic rings. The topological polar surface area (TPSA) is 64.1 Å². The summed E-state index contributed by atoms with van der Waals surface area (Å²) in [6.07, 6.45) is 6.62. The van der Waals surface area contributed by atoms with Crippen molar-refractivity contribution in [3.63, 3.8) is 0 Å². The molecule has 0 aromatic carbocycles. The van der Waals surface area contributed by atoms with Gasteiger partial charge >= 0.3 is 5.97 Å². The van der Waals surface area contributed by atoms with E-state index in [0.717, 1.165) is 38.9 Å². The van der Waals surface area contributed by atoms with Crippen LogP contribution in [0.2, 0.25) is 0 Å². The van der Waals surface area contributed by atoms with E-state index in [2.05, 4.69) is 9.80 Å². The van der Waals surface area contributed by atoms with Crippen molar-refractivity contribution in [1.82, 2.24) is 14.7 Å². The number of amides is 1. The first kappa shape index (κ1) is 16.7. The van der Waals surface area contributed by atoms with E-state index in [1.165, 1.54) is 32.4 Å². The van der Waals surface area contributed by atoms with E-state index in [1.807, 2.05) is 0 Å². The molecule has 0 aromatic heterocycles. The second kappa shape index (κ2) is 7.62. The summed E-state index contributed by atoms with van der Waals surface area (Å²) in [7, 11) is 0. The van der Waals surface area contributed by atoms with Gasteiger partial charge in [-0.3, -0.25) is 14.5 Å². The van der Waals surface area contributed by atoms with Crippen LogP contribution < -0.4 is 0 Å². The fourth-order valence-corrected chi connectivity index (χ4v) is 4.37. The molecule has 130 valence electrons. The van der Waals surface area contributed by atoms with Gasteiger partial charge in [0, 0.05) is 19.6 Å². The lowest BCUT2D eigenvalue weighted by Crippen LogP contribution is -2.48. The van der Waals surface area contributed by atoms with Crippen LogP contribution in [-0.4, -0.2) is 83.5 Å². The molecule has 0 saturated carbocycles. The van der Waals surface area contributed by atoms with Gasteiger partial charge in [-0.25, -0.2) is 0 Å². The molecule has 3 aliphatic heterocycles. The Labute approximate surface area is 138 Å². The maximum atomic E-state index is 12.7. The molecular weight excluding hydrogens is 294 g/mol. The van der Waals surface area contributed by atoms with Crippen molar-refractivity contribution in [2.75, 3.05) is 45.8 Å². The molecule has 0 radical (unpaired) electrons. The lowest BCUT2D eigenvalue weighted by molar-refractivity contribution is -0.146. The summed E-state index contributed by atoms with van der Waals surface area (Å²) in [4.78, 5) is 30.1. The Bertz CT molecular complexity index is 437. The smallest absolute Gasteiger partial charge is 0.323 e. The summed E-state index contributed by atoms with van der Waals surface area (Å²) in [6.45, 7) is 6.03. The quantitative estimate of drug-likeness (QED) is 0.813. The Morgan fingerprint density at radius 2 is 1.78 bits per heavy atom. The van der Waals surface area contributed by atoms with E-state index in [1.54, 1.807) is 4.90 Å². The van der Waals surface area contributed by atoms with Crippen LogP contribution in [0.25, 0.3) is 0 Å². The molecule has 0 aromatic rings. The van der Waals surface area contributed by atoms with Gasteiger partial charge in [0.1, 0.15) is 6.54 Å². The zero-order valence-corrected chi connectivity index (χ0v) is 14.0.